The van der Waals surface area contributed by atoms with Gasteiger partial charge in [-0.25, -0.2) is 4.79 Å². The Morgan fingerprint density at radius 3 is 2.90 bits per heavy atom. The number of nitrogens with one attached hydrogen (secondary N) is 1. The molecule has 0 saturated heterocycles. The van der Waals surface area contributed by atoms with Crippen LogP contribution in [0.5, 0.6) is 0 Å². The second kappa shape index (κ2) is 6.36. The first-order chi connectivity index (χ1) is 9.97. The Bertz CT molecular complexity index is 700. The Balaban J connectivity index is 2.04. The van der Waals surface area contributed by atoms with Gasteiger partial charge in [-0.05, 0) is 30.0 Å². The van der Waals surface area contributed by atoms with Gasteiger partial charge in [-0.1, -0.05) is 0 Å². The molecule has 0 aliphatic rings. The van der Waals surface area contributed by atoms with E-state index in [1.165, 1.54) is 17.4 Å². The number of nitrogens with zero attached hydrogens (tertiary/aromatic N) is 2. The van der Waals surface area contributed by atoms with Gasteiger partial charge in [0.1, 0.15) is 0 Å². The molecule has 2 heterocycles. The summed E-state index contributed by atoms with van der Waals surface area (Å²) in [7, 11) is 1.76. The highest BCUT2D eigenvalue weighted by Gasteiger charge is 2.12. The summed E-state index contributed by atoms with van der Waals surface area (Å²) in [5.41, 5.74) is 2.01. The van der Waals surface area contributed by atoms with Gasteiger partial charge in [-0.2, -0.15) is 5.10 Å². The maximum atomic E-state index is 12.1. The maximum Gasteiger partial charge on any atom is 0.328 e. The van der Waals surface area contributed by atoms with Crippen LogP contribution in [-0.4, -0.2) is 26.8 Å². The molecule has 7 heteroatoms. The number of hydrogen-bond donors (Lipinski definition) is 2. The highest BCUT2D eigenvalue weighted by atomic mass is 32.1. The van der Waals surface area contributed by atoms with Gasteiger partial charge in [-0.3, -0.25) is 9.48 Å². The van der Waals surface area contributed by atoms with Gasteiger partial charge in [0, 0.05) is 24.2 Å². The number of amides is 1. The molecule has 6 nitrogen and oxygen atoms in total. The van der Waals surface area contributed by atoms with Crippen LogP contribution in [0.4, 0.5) is 0 Å². The minimum absolute atomic E-state index is 0.192. The number of hydrogen-bond acceptors (Lipinski definition) is 4. The van der Waals surface area contributed by atoms with Crippen LogP contribution in [0.1, 0.15) is 26.5 Å². The highest BCUT2D eigenvalue weighted by Crippen LogP contribution is 2.18. The third kappa shape index (κ3) is 3.79. The minimum Gasteiger partial charge on any atom is -0.478 e. The number of carboxylic acids is 1. The summed E-state index contributed by atoms with van der Waals surface area (Å²) in [4.78, 5) is 23.5. The second-order valence-electron chi connectivity index (χ2n) is 4.46. The average molecular weight is 305 g/mol. The monoisotopic (exact) mass is 305 g/mol. The van der Waals surface area contributed by atoms with Crippen LogP contribution in [0.2, 0.25) is 0 Å². The van der Waals surface area contributed by atoms with Crippen molar-refractivity contribution in [2.45, 2.75) is 13.5 Å². The standard InChI is InChI=1S/C14H15N3O3S/c1-9-11(8-17(2)16-9)14(20)15-7-12-10(5-6-21-12)3-4-13(18)19/h3-6,8H,7H2,1-2H3,(H,15,20)(H,18,19)/b4-3+. The van der Waals surface area contributed by atoms with Crippen molar-refractivity contribution >= 4 is 29.3 Å². The third-order valence-corrected chi connectivity index (χ3v) is 3.79. The molecule has 0 aromatic carbocycles. The van der Waals surface area contributed by atoms with Crippen LogP contribution < -0.4 is 5.32 Å². The largest absolute Gasteiger partial charge is 0.478 e. The fraction of sp³-hybridized carbons (Fsp3) is 0.214. The minimum atomic E-state index is -0.998. The van der Waals surface area contributed by atoms with E-state index in [0.29, 0.717) is 17.8 Å². The molecule has 0 aliphatic heterocycles. The first-order valence-corrected chi connectivity index (χ1v) is 7.11. The van der Waals surface area contributed by atoms with Gasteiger partial charge in [0.25, 0.3) is 5.91 Å². The Kier molecular flexibility index (Phi) is 4.54. The summed E-state index contributed by atoms with van der Waals surface area (Å²) in [6.45, 7) is 2.13. The Morgan fingerprint density at radius 1 is 1.52 bits per heavy atom. The molecular weight excluding hydrogens is 290 g/mol. The van der Waals surface area contributed by atoms with Crippen LogP contribution in [0.15, 0.2) is 23.7 Å². The molecular formula is C14H15N3O3S. The lowest BCUT2D eigenvalue weighted by Crippen LogP contribution is -2.22. The van der Waals surface area contributed by atoms with E-state index in [9.17, 15) is 9.59 Å². The number of aryl methyl sites for hydroxylation is 2. The number of carbonyl (C=O) groups is 2. The lowest BCUT2D eigenvalue weighted by Gasteiger charge is -2.03. The fourth-order valence-corrected chi connectivity index (χ4v) is 2.69. The molecule has 2 aromatic rings. The lowest BCUT2D eigenvalue weighted by molar-refractivity contribution is -0.131. The van der Waals surface area contributed by atoms with Gasteiger partial charge in [0.2, 0.25) is 0 Å². The summed E-state index contributed by atoms with van der Waals surface area (Å²) < 4.78 is 1.59. The van der Waals surface area contributed by atoms with E-state index in [-0.39, 0.29) is 5.91 Å². The van der Waals surface area contributed by atoms with Gasteiger partial charge in [0.05, 0.1) is 17.8 Å². The molecule has 0 atom stereocenters. The topological polar surface area (TPSA) is 84.2 Å². The summed E-state index contributed by atoms with van der Waals surface area (Å²) in [5.74, 6) is -1.19. The fourth-order valence-electron chi connectivity index (χ4n) is 1.88. The van der Waals surface area contributed by atoms with E-state index in [1.54, 1.807) is 24.9 Å². The second-order valence-corrected chi connectivity index (χ2v) is 5.46. The van der Waals surface area contributed by atoms with Crippen LogP contribution in [0, 0.1) is 6.92 Å². The van der Waals surface area contributed by atoms with Crippen molar-refractivity contribution in [3.8, 4) is 0 Å². The number of carboxylic acid groups (broad SMARTS) is 1. The zero-order valence-electron chi connectivity index (χ0n) is 11.7. The van der Waals surface area contributed by atoms with Crippen molar-refractivity contribution in [1.82, 2.24) is 15.1 Å². The normalized spacial score (nSPS) is 11.0. The molecule has 2 N–H and O–H groups in total. The Morgan fingerprint density at radius 2 is 2.29 bits per heavy atom. The number of carbonyl (C=O) groups excluding carboxylic acids is 1. The van der Waals surface area contributed by atoms with Gasteiger partial charge >= 0.3 is 5.97 Å². The summed E-state index contributed by atoms with van der Waals surface area (Å²) >= 11 is 1.47. The molecule has 21 heavy (non-hydrogen) atoms. The van der Waals surface area contributed by atoms with Crippen LogP contribution in [0.25, 0.3) is 6.08 Å². The summed E-state index contributed by atoms with van der Waals surface area (Å²) in [6, 6.07) is 1.82. The SMILES string of the molecule is Cc1nn(C)cc1C(=O)NCc1sccc1/C=C/C(=O)O. The molecule has 0 saturated carbocycles. The van der Waals surface area contributed by atoms with E-state index < -0.39 is 5.97 Å². The smallest absolute Gasteiger partial charge is 0.328 e. The highest BCUT2D eigenvalue weighted by molar-refractivity contribution is 7.10. The van der Waals surface area contributed by atoms with Crippen molar-refractivity contribution in [2.75, 3.05) is 0 Å². The van der Waals surface area contributed by atoms with Crippen LogP contribution in [-0.2, 0) is 18.4 Å². The van der Waals surface area contributed by atoms with Crippen molar-refractivity contribution in [1.29, 1.82) is 0 Å². The van der Waals surface area contributed by atoms with E-state index in [4.69, 9.17) is 5.11 Å². The van der Waals surface area contributed by atoms with E-state index in [0.717, 1.165) is 16.5 Å². The first kappa shape index (κ1) is 15.0. The van der Waals surface area contributed by atoms with Crippen molar-refractivity contribution in [3.63, 3.8) is 0 Å². The van der Waals surface area contributed by atoms with E-state index in [1.807, 2.05) is 11.4 Å². The van der Waals surface area contributed by atoms with E-state index >= 15 is 0 Å². The molecule has 0 unspecified atom stereocenters. The first-order valence-electron chi connectivity index (χ1n) is 6.23. The predicted molar refractivity (Wildman–Crippen MR) is 80.1 cm³/mol. The summed E-state index contributed by atoms with van der Waals surface area (Å²) in [5, 5.41) is 17.4. The van der Waals surface area contributed by atoms with Crippen molar-refractivity contribution < 1.29 is 14.7 Å². The lowest BCUT2D eigenvalue weighted by atomic mass is 10.2. The molecule has 1 amide bonds. The molecule has 2 rings (SSSR count). The molecule has 0 spiro atoms. The maximum absolute atomic E-state index is 12.1. The molecule has 2 aromatic heterocycles. The molecule has 0 radical (unpaired) electrons. The zero-order valence-corrected chi connectivity index (χ0v) is 12.5. The van der Waals surface area contributed by atoms with E-state index in [2.05, 4.69) is 10.4 Å². The summed E-state index contributed by atoms with van der Waals surface area (Å²) in [6.07, 6.45) is 4.28. The zero-order chi connectivity index (χ0) is 15.4. The number of aliphatic carboxylic acids is 1. The quantitative estimate of drug-likeness (QED) is 0.825. The average Bonchev–Trinajstić information content (AvgIpc) is 2.99. The molecule has 0 bridgehead atoms. The number of rotatable bonds is 5. The van der Waals surface area contributed by atoms with Gasteiger partial charge in [0.15, 0.2) is 0 Å². The third-order valence-electron chi connectivity index (χ3n) is 2.85. The predicted octanol–water partition coefficient (Wildman–Crippen LogP) is 1.82. The number of aromatic nitrogens is 2. The van der Waals surface area contributed by atoms with Crippen molar-refractivity contribution in [3.05, 3.63) is 45.4 Å². The van der Waals surface area contributed by atoms with Crippen molar-refractivity contribution in [2.24, 2.45) is 7.05 Å². The van der Waals surface area contributed by atoms with Crippen LogP contribution in [0.3, 0.4) is 0 Å². The van der Waals surface area contributed by atoms with Gasteiger partial charge in [-0.15, -0.1) is 11.3 Å². The van der Waals surface area contributed by atoms with Gasteiger partial charge < -0.3 is 10.4 Å². The van der Waals surface area contributed by atoms with Crippen LogP contribution >= 0.6 is 11.3 Å². The molecule has 0 fully saturated rings. The molecule has 110 valence electrons. The number of thiophene rings is 1. The molecule has 0 aliphatic carbocycles. The Hall–Kier alpha value is -2.41. The Labute approximate surface area is 125 Å².